The van der Waals surface area contributed by atoms with Crippen LogP contribution in [0, 0.1) is 0 Å². The number of aliphatic hydroxyl groups excluding tert-OH is 1. The molecule has 29 heavy (non-hydrogen) atoms. The molecule has 0 radical (unpaired) electrons. The summed E-state index contributed by atoms with van der Waals surface area (Å²) in [7, 11) is 0. The van der Waals surface area contributed by atoms with Crippen molar-refractivity contribution in [1.29, 1.82) is 0 Å². The lowest BCUT2D eigenvalue weighted by Gasteiger charge is -2.53. The molecule has 0 bridgehead atoms. The van der Waals surface area contributed by atoms with Crippen molar-refractivity contribution in [3.05, 3.63) is 42.2 Å². The number of ether oxygens (including phenoxy) is 1. The molecule has 2 aliphatic rings. The maximum Gasteiger partial charge on any atom is 0.271 e. The topological polar surface area (TPSA) is 133 Å². The van der Waals surface area contributed by atoms with Crippen molar-refractivity contribution in [2.45, 2.75) is 43.4 Å². The van der Waals surface area contributed by atoms with E-state index in [2.05, 4.69) is 25.5 Å². The monoisotopic (exact) mass is 400 g/mol. The first-order chi connectivity index (χ1) is 13.9. The number of hydrogen-bond acceptors (Lipinski definition) is 7. The zero-order valence-corrected chi connectivity index (χ0v) is 16.2. The number of rotatable bonds is 3. The molecule has 0 aromatic carbocycles. The van der Waals surface area contributed by atoms with Crippen LogP contribution in [0.2, 0.25) is 0 Å². The summed E-state index contributed by atoms with van der Waals surface area (Å²) >= 11 is 0. The number of H-pyrrole nitrogens is 1. The molecule has 3 N–H and O–H groups in total. The molecule has 0 aliphatic carbocycles. The van der Waals surface area contributed by atoms with E-state index in [4.69, 9.17) is 4.74 Å². The van der Waals surface area contributed by atoms with E-state index in [1.165, 1.54) is 24.8 Å². The molecule has 10 heteroatoms. The van der Waals surface area contributed by atoms with Crippen LogP contribution in [0.4, 0.5) is 0 Å². The Labute approximate surface area is 167 Å². The number of hydrogen-bond donors (Lipinski definition) is 3. The number of nitrogens with zero attached hydrogens (tertiary/aromatic N) is 4. The van der Waals surface area contributed by atoms with Gasteiger partial charge in [-0.15, -0.1) is 0 Å². The predicted octanol–water partition coefficient (Wildman–Crippen LogP) is 0.144. The summed E-state index contributed by atoms with van der Waals surface area (Å²) < 4.78 is 6.03. The van der Waals surface area contributed by atoms with Gasteiger partial charge in [-0.25, -0.2) is 4.98 Å². The van der Waals surface area contributed by atoms with Crippen LogP contribution < -0.4 is 5.32 Å². The molecule has 2 fully saturated rings. The Morgan fingerprint density at radius 2 is 2.07 bits per heavy atom. The molecule has 4 heterocycles. The largest absolute Gasteiger partial charge is 0.388 e. The number of aromatic amines is 1. The maximum atomic E-state index is 12.6. The average molecular weight is 400 g/mol. The molecule has 2 saturated heterocycles. The van der Waals surface area contributed by atoms with E-state index in [0.29, 0.717) is 44.7 Å². The second-order valence-corrected chi connectivity index (χ2v) is 7.79. The fourth-order valence-corrected chi connectivity index (χ4v) is 4.18. The molecule has 2 atom stereocenters. The van der Waals surface area contributed by atoms with Gasteiger partial charge in [0.2, 0.25) is 0 Å². The highest BCUT2D eigenvalue weighted by atomic mass is 16.5. The van der Waals surface area contributed by atoms with Crippen LogP contribution in [0.5, 0.6) is 0 Å². The molecule has 2 aromatic rings. The normalized spacial score (nSPS) is 26.3. The Bertz CT molecular complexity index is 866. The van der Waals surface area contributed by atoms with Gasteiger partial charge in [0.25, 0.3) is 11.8 Å². The fourth-order valence-electron chi connectivity index (χ4n) is 4.18. The zero-order valence-electron chi connectivity index (χ0n) is 16.2. The lowest BCUT2D eigenvalue weighted by Crippen LogP contribution is -2.69. The van der Waals surface area contributed by atoms with E-state index in [9.17, 15) is 14.7 Å². The average Bonchev–Trinajstić information content (AvgIpc) is 3.28. The van der Waals surface area contributed by atoms with Gasteiger partial charge in [-0.2, -0.15) is 5.10 Å². The summed E-state index contributed by atoms with van der Waals surface area (Å²) in [5, 5.41) is 20.6. The van der Waals surface area contributed by atoms with Crippen molar-refractivity contribution in [1.82, 2.24) is 30.4 Å². The van der Waals surface area contributed by atoms with Gasteiger partial charge in [0.15, 0.2) is 0 Å². The molecule has 2 aromatic heterocycles. The SMILES string of the molecule is C[C@]1(NC(=O)c2cnccn2)CCOC2(CCN(C(=O)c3ccn[nH]3)CC2)[C@@H]1O. The summed E-state index contributed by atoms with van der Waals surface area (Å²) in [5.74, 6) is -0.509. The fraction of sp³-hybridized carbons (Fsp3) is 0.526. The van der Waals surface area contributed by atoms with E-state index in [1.807, 2.05) is 6.92 Å². The molecular formula is C19H24N6O4. The highest BCUT2D eigenvalue weighted by molar-refractivity contribution is 5.93. The summed E-state index contributed by atoms with van der Waals surface area (Å²) in [6, 6.07) is 1.64. The van der Waals surface area contributed by atoms with Crippen LogP contribution in [0.25, 0.3) is 0 Å². The van der Waals surface area contributed by atoms with Crippen molar-refractivity contribution in [3.8, 4) is 0 Å². The van der Waals surface area contributed by atoms with E-state index in [-0.39, 0.29) is 17.5 Å². The lowest BCUT2D eigenvalue weighted by atomic mass is 9.73. The minimum absolute atomic E-state index is 0.124. The smallest absolute Gasteiger partial charge is 0.271 e. The third kappa shape index (κ3) is 3.60. The molecule has 154 valence electrons. The standard InChI is InChI=1S/C19H24N6O4/c1-18(23-15(26)14-12-20-7-8-21-14)5-11-29-19(17(18)28)3-9-25(10-4-19)16(27)13-2-6-22-24-13/h2,6-8,12,17,28H,3-5,9-11H2,1H3,(H,22,24)(H,23,26)/t17-,18+/m1/s1. The van der Waals surface area contributed by atoms with Gasteiger partial charge in [-0.3, -0.25) is 19.7 Å². The Kier molecular flexibility index (Phi) is 5.05. The van der Waals surface area contributed by atoms with Gasteiger partial charge in [-0.1, -0.05) is 0 Å². The highest BCUT2D eigenvalue weighted by Crippen LogP contribution is 2.40. The minimum Gasteiger partial charge on any atom is -0.388 e. The van der Waals surface area contributed by atoms with Crippen LogP contribution in [-0.4, -0.2) is 78.9 Å². The van der Waals surface area contributed by atoms with Gasteiger partial charge >= 0.3 is 0 Å². The van der Waals surface area contributed by atoms with Gasteiger partial charge < -0.3 is 20.1 Å². The van der Waals surface area contributed by atoms with Gasteiger partial charge in [0, 0.05) is 38.3 Å². The van der Waals surface area contributed by atoms with E-state index < -0.39 is 17.2 Å². The molecule has 10 nitrogen and oxygen atoms in total. The Balaban J connectivity index is 1.45. The van der Waals surface area contributed by atoms with Crippen LogP contribution in [-0.2, 0) is 4.74 Å². The summed E-state index contributed by atoms with van der Waals surface area (Å²) in [6.45, 7) is 3.12. The summed E-state index contributed by atoms with van der Waals surface area (Å²) in [5.41, 5.74) is -1.05. The third-order valence-corrected chi connectivity index (χ3v) is 5.94. The third-order valence-electron chi connectivity index (χ3n) is 5.94. The van der Waals surface area contributed by atoms with E-state index in [1.54, 1.807) is 11.0 Å². The molecular weight excluding hydrogens is 376 g/mol. The van der Waals surface area contributed by atoms with Crippen LogP contribution in [0.15, 0.2) is 30.9 Å². The highest BCUT2D eigenvalue weighted by Gasteiger charge is 2.54. The first-order valence-electron chi connectivity index (χ1n) is 9.63. The Hall–Kier alpha value is -2.85. The number of piperidine rings is 1. The first-order valence-corrected chi connectivity index (χ1v) is 9.63. The first kappa shape index (κ1) is 19.5. The maximum absolute atomic E-state index is 12.6. The van der Waals surface area contributed by atoms with E-state index in [0.717, 1.165) is 0 Å². The molecule has 4 rings (SSSR count). The Morgan fingerprint density at radius 1 is 1.28 bits per heavy atom. The van der Waals surface area contributed by atoms with Crippen molar-refractivity contribution < 1.29 is 19.4 Å². The number of amides is 2. The van der Waals surface area contributed by atoms with Crippen LogP contribution in [0.3, 0.4) is 0 Å². The van der Waals surface area contributed by atoms with Gasteiger partial charge in [0.1, 0.15) is 17.5 Å². The summed E-state index contributed by atoms with van der Waals surface area (Å²) in [6.07, 6.45) is 6.38. The molecule has 2 amide bonds. The second-order valence-electron chi connectivity index (χ2n) is 7.79. The molecule has 1 spiro atoms. The van der Waals surface area contributed by atoms with Crippen LogP contribution >= 0.6 is 0 Å². The minimum atomic E-state index is -0.922. The Morgan fingerprint density at radius 3 is 2.72 bits per heavy atom. The summed E-state index contributed by atoms with van der Waals surface area (Å²) in [4.78, 5) is 34.8. The number of carbonyl (C=O) groups is 2. The number of aliphatic hydroxyl groups is 1. The molecule has 0 unspecified atom stereocenters. The number of aromatic nitrogens is 4. The second kappa shape index (κ2) is 7.53. The van der Waals surface area contributed by atoms with Crippen molar-refractivity contribution in [2.75, 3.05) is 19.7 Å². The van der Waals surface area contributed by atoms with Crippen LogP contribution in [0.1, 0.15) is 47.2 Å². The number of nitrogens with one attached hydrogen (secondary N) is 2. The number of carbonyl (C=O) groups excluding carboxylic acids is 2. The predicted molar refractivity (Wildman–Crippen MR) is 101 cm³/mol. The lowest BCUT2D eigenvalue weighted by molar-refractivity contribution is -0.203. The van der Waals surface area contributed by atoms with E-state index >= 15 is 0 Å². The van der Waals surface area contributed by atoms with Crippen molar-refractivity contribution in [2.24, 2.45) is 0 Å². The van der Waals surface area contributed by atoms with Gasteiger partial charge in [0.05, 0.1) is 17.3 Å². The molecule has 2 aliphatic heterocycles. The van der Waals surface area contributed by atoms with Crippen molar-refractivity contribution in [3.63, 3.8) is 0 Å². The van der Waals surface area contributed by atoms with Gasteiger partial charge in [-0.05, 0) is 32.3 Å². The quantitative estimate of drug-likeness (QED) is 0.667. The molecule has 0 saturated carbocycles. The number of likely N-dealkylation sites (tertiary alicyclic amines) is 1. The van der Waals surface area contributed by atoms with Crippen molar-refractivity contribution >= 4 is 11.8 Å². The zero-order chi connectivity index (χ0) is 20.5.